The van der Waals surface area contributed by atoms with Crippen LogP contribution >= 0.6 is 0 Å². The third-order valence-electron chi connectivity index (χ3n) is 1.25. The van der Waals surface area contributed by atoms with E-state index in [-0.39, 0.29) is 22.5 Å². The molecule has 0 fully saturated rings. The molecule has 1 aromatic heterocycles. The molecule has 50 valence electrons. The van der Waals surface area contributed by atoms with Gasteiger partial charge in [-0.25, -0.2) is 0 Å². The van der Waals surface area contributed by atoms with Gasteiger partial charge in [-0.2, -0.15) is 0 Å². The molecule has 0 aliphatic carbocycles. The van der Waals surface area contributed by atoms with Crippen molar-refractivity contribution in [1.82, 2.24) is 4.98 Å². The summed E-state index contributed by atoms with van der Waals surface area (Å²) in [6.07, 6.45) is -0.406. The zero-order chi connectivity index (χ0) is 13.8. The molecule has 1 heterocycles. The first-order valence-corrected chi connectivity index (χ1v) is 2.75. The fourth-order valence-corrected chi connectivity index (χ4v) is 0.781. The molecule has 0 radical (unpaired) electrons. The molecule has 0 saturated heterocycles. The molecule has 1 aromatic carbocycles. The molecule has 1 nitrogen and oxygen atoms in total. The van der Waals surface area contributed by atoms with E-state index >= 15 is 0 Å². The van der Waals surface area contributed by atoms with E-state index < -0.39 is 31.2 Å². The van der Waals surface area contributed by atoms with Gasteiger partial charge in [-0.3, -0.25) is 0 Å². The van der Waals surface area contributed by atoms with Gasteiger partial charge in [0.25, 0.3) is 0 Å². The van der Waals surface area contributed by atoms with Crippen LogP contribution < -0.4 is 0 Å². The summed E-state index contributed by atoms with van der Waals surface area (Å²) in [5, 5.41) is -0.133. The molecule has 2 rings (SSSR count). The highest BCUT2D eigenvalue weighted by Crippen LogP contribution is 2.15. The van der Waals surface area contributed by atoms with Crippen LogP contribution in [0.3, 0.4) is 0 Å². The lowest BCUT2D eigenvalue weighted by Gasteiger charge is -1.86. The van der Waals surface area contributed by atoms with Crippen LogP contribution in [-0.4, -0.2) is 4.98 Å². The van der Waals surface area contributed by atoms with Gasteiger partial charge >= 0.3 is 0 Å². The van der Waals surface area contributed by atoms with Crippen LogP contribution in [0.1, 0.15) is 16.5 Å². The lowest BCUT2D eigenvalue weighted by molar-refractivity contribution is 1.43. The maximum atomic E-state index is 7.72. The van der Waals surface area contributed by atoms with Crippen LogP contribution in [0.4, 0.5) is 0 Å². The molecule has 0 unspecified atom stereocenters. The molecule has 1 heteroatoms. The van der Waals surface area contributed by atoms with Crippen molar-refractivity contribution in [2.75, 3.05) is 0 Å². The van der Waals surface area contributed by atoms with Gasteiger partial charge < -0.3 is 4.98 Å². The van der Waals surface area contributed by atoms with E-state index in [4.69, 9.17) is 11.0 Å². The summed E-state index contributed by atoms with van der Waals surface area (Å²) in [5.74, 6) is 0. The number of para-hydroxylation sites is 1. The van der Waals surface area contributed by atoms with Gasteiger partial charge in [0.2, 0.25) is 0 Å². The minimum absolute atomic E-state index is 0.0443. The minimum atomic E-state index is -2.60. The Morgan fingerprint density at radius 2 is 2.40 bits per heavy atom. The molecule has 2 aromatic rings. The second kappa shape index (κ2) is 1.87. The molecule has 10 heavy (non-hydrogen) atoms. The Labute approximate surface area is 70.9 Å². The van der Waals surface area contributed by atoms with E-state index in [1.807, 2.05) is 0 Å². The Balaban J connectivity index is 3.04. The molecule has 0 bridgehead atoms. The number of H-pyrrole nitrogens is 1. The van der Waals surface area contributed by atoms with Gasteiger partial charge in [-0.05, 0) is 18.5 Å². The Hall–Kier alpha value is -1.24. The fourth-order valence-electron chi connectivity index (χ4n) is 0.781. The Morgan fingerprint density at radius 3 is 3.30 bits per heavy atom. The zero-order valence-corrected chi connectivity index (χ0v) is 5.00. The van der Waals surface area contributed by atoms with Crippen LogP contribution in [-0.2, 0) is 0 Å². The molecular formula is C9H9N. The normalized spacial score (nSPS) is 23.2. The third-order valence-corrected chi connectivity index (χ3v) is 1.25. The lowest BCUT2D eigenvalue weighted by atomic mass is 10.2. The van der Waals surface area contributed by atoms with E-state index in [9.17, 15) is 0 Å². The quantitative estimate of drug-likeness (QED) is 0.577. The fraction of sp³-hybridized carbons (Fsp3) is 0.111. The standard InChI is InChI=1S/C9H9N/c1-7-6-10-9-5-3-2-4-8(7)9/h2-6,10H,1H3/i1D3,2D,3D,4D,5D,6D. The van der Waals surface area contributed by atoms with Crippen molar-refractivity contribution in [2.45, 2.75) is 6.85 Å². The van der Waals surface area contributed by atoms with E-state index in [1.54, 1.807) is 0 Å². The lowest BCUT2D eigenvalue weighted by Crippen LogP contribution is -1.64. The largest absolute Gasteiger partial charge is 0.361 e. The van der Waals surface area contributed by atoms with E-state index in [0.717, 1.165) is 0 Å². The third kappa shape index (κ3) is 0.637. The number of nitrogens with one attached hydrogen (secondary N) is 1. The van der Waals surface area contributed by atoms with Crippen molar-refractivity contribution >= 4 is 10.9 Å². The van der Waals surface area contributed by atoms with Crippen molar-refractivity contribution in [2.24, 2.45) is 0 Å². The molecule has 0 atom stereocenters. The molecule has 0 spiro atoms. The predicted molar refractivity (Wildman–Crippen MR) is 43.0 cm³/mol. The highest BCUT2D eigenvalue weighted by atomic mass is 14.7. The van der Waals surface area contributed by atoms with Crippen molar-refractivity contribution in [3.05, 3.63) is 35.9 Å². The van der Waals surface area contributed by atoms with Gasteiger partial charge in [0, 0.05) is 21.2 Å². The molecular weight excluding hydrogens is 122 g/mol. The summed E-state index contributed by atoms with van der Waals surface area (Å²) >= 11 is 0. The van der Waals surface area contributed by atoms with Gasteiger partial charge in [-0.1, -0.05) is 18.1 Å². The number of rotatable bonds is 0. The summed E-state index contributed by atoms with van der Waals surface area (Å²) in [7, 11) is 0. The average Bonchev–Trinajstić information content (AvgIpc) is 2.61. The molecule has 0 aliphatic rings. The first-order valence-electron chi connectivity index (χ1n) is 6.75. The monoisotopic (exact) mass is 139 g/mol. The summed E-state index contributed by atoms with van der Waals surface area (Å²) in [6.45, 7) is -2.60. The van der Waals surface area contributed by atoms with Crippen LogP contribution in [0.15, 0.2) is 30.3 Å². The second-order valence-corrected chi connectivity index (χ2v) is 1.88. The highest BCUT2D eigenvalue weighted by molar-refractivity contribution is 5.82. The number of hydrogen-bond acceptors (Lipinski definition) is 0. The number of hydrogen-bond donors (Lipinski definition) is 1. The highest BCUT2D eigenvalue weighted by Gasteiger charge is 1.94. The first-order chi connectivity index (χ1) is 8.16. The van der Waals surface area contributed by atoms with Crippen molar-refractivity contribution in [3.63, 3.8) is 0 Å². The number of aryl methyl sites for hydroxylation is 1. The maximum Gasteiger partial charge on any atom is 0.0819 e. The van der Waals surface area contributed by atoms with Crippen LogP contribution in [0, 0.1) is 6.85 Å². The summed E-state index contributed by atoms with van der Waals surface area (Å²) in [5.41, 5.74) is -0.415. The van der Waals surface area contributed by atoms with E-state index in [1.165, 1.54) is 0 Å². The van der Waals surface area contributed by atoms with Crippen molar-refractivity contribution in [1.29, 1.82) is 0 Å². The Bertz CT molecular complexity index is 639. The van der Waals surface area contributed by atoms with Gasteiger partial charge in [0.15, 0.2) is 0 Å². The first kappa shape index (κ1) is 1.67. The Kier molecular flexibility index (Phi) is 0.313. The van der Waals surface area contributed by atoms with E-state index in [2.05, 4.69) is 4.98 Å². The Morgan fingerprint density at radius 1 is 1.50 bits per heavy atom. The van der Waals surface area contributed by atoms with Crippen LogP contribution in [0.25, 0.3) is 10.9 Å². The molecule has 0 aliphatic heterocycles. The van der Waals surface area contributed by atoms with Gasteiger partial charge in [0.1, 0.15) is 0 Å². The number of aromatic amines is 1. The minimum Gasteiger partial charge on any atom is -0.361 e. The van der Waals surface area contributed by atoms with E-state index in [0.29, 0.717) is 0 Å². The number of benzene rings is 1. The number of fused-ring (bicyclic) bond motifs is 1. The smallest absolute Gasteiger partial charge is 0.0819 e. The topological polar surface area (TPSA) is 15.8 Å². The van der Waals surface area contributed by atoms with Crippen molar-refractivity contribution in [3.8, 4) is 0 Å². The predicted octanol–water partition coefficient (Wildman–Crippen LogP) is 2.48. The van der Waals surface area contributed by atoms with Gasteiger partial charge in [-0.15, -0.1) is 0 Å². The molecule has 0 amide bonds. The summed E-state index contributed by atoms with van der Waals surface area (Å²) in [4.78, 5) is 2.41. The van der Waals surface area contributed by atoms with Crippen LogP contribution in [0.5, 0.6) is 0 Å². The molecule has 0 saturated carbocycles. The summed E-state index contributed by atoms with van der Waals surface area (Å²) in [6, 6.07) is -1.76. The second-order valence-electron chi connectivity index (χ2n) is 1.88. The van der Waals surface area contributed by atoms with Gasteiger partial charge in [0.05, 0.1) is 6.85 Å². The SMILES string of the molecule is [2H]c1[nH]c2c([2H])c([2H])c([2H])c([2H])c2c1C([2H])([2H])[2H]. The maximum absolute atomic E-state index is 7.72. The van der Waals surface area contributed by atoms with Crippen LogP contribution in [0.2, 0.25) is 0 Å². The molecule has 1 N–H and O–H groups in total. The summed E-state index contributed by atoms with van der Waals surface area (Å²) < 4.78 is 60.0. The average molecular weight is 139 g/mol. The zero-order valence-electron chi connectivity index (χ0n) is 13.0. The van der Waals surface area contributed by atoms with Crippen molar-refractivity contribution < 1.29 is 11.0 Å². The number of aromatic nitrogens is 1.